The minimum Gasteiger partial charge on any atom is -0.481 e. The van der Waals surface area contributed by atoms with Crippen molar-refractivity contribution in [2.75, 3.05) is 21.3 Å². The van der Waals surface area contributed by atoms with E-state index in [1.807, 2.05) is 0 Å². The molecule has 0 aliphatic rings. The van der Waals surface area contributed by atoms with Crippen LogP contribution in [0.25, 0.3) is 45.6 Å². The fourth-order valence-electron chi connectivity index (χ4n) is 5.11. The van der Waals surface area contributed by atoms with Crippen molar-refractivity contribution in [2.45, 2.75) is 34.6 Å². The van der Waals surface area contributed by atoms with Crippen LogP contribution in [0, 0.1) is 0 Å². The summed E-state index contributed by atoms with van der Waals surface area (Å²) in [7, 11) is 0. The lowest BCUT2D eigenvalue weighted by molar-refractivity contribution is -0.134. The molecule has 0 saturated heterocycles. The van der Waals surface area contributed by atoms with Crippen molar-refractivity contribution < 1.29 is 29.1 Å². The van der Waals surface area contributed by atoms with Crippen molar-refractivity contribution in [1.82, 2.24) is 60.7 Å². The molecule has 0 radical (unpaired) electrons. The normalized spacial score (nSPS) is 10.1. The van der Waals surface area contributed by atoms with Crippen LogP contribution < -0.4 is 21.3 Å². The van der Waals surface area contributed by atoms with Crippen LogP contribution in [0.1, 0.15) is 34.6 Å². The Morgan fingerprint density at radius 3 is 0.708 bits per heavy atom. The lowest BCUT2D eigenvalue weighted by Gasteiger charge is -1.99. The van der Waals surface area contributed by atoms with Gasteiger partial charge < -0.3 is 5.11 Å². The number of carboxylic acid groups (broad SMARTS) is 1. The Kier molecular flexibility index (Phi) is 22.1. The van der Waals surface area contributed by atoms with Crippen molar-refractivity contribution in [2.24, 2.45) is 0 Å². The average Bonchev–Trinajstić information content (AvgIpc) is 4.11. The molecule has 0 aliphatic heterocycles. The van der Waals surface area contributed by atoms with E-state index < -0.39 is 5.97 Å². The number of hydrogen-bond acceptors (Lipinski definition) is 13. The van der Waals surface area contributed by atoms with Gasteiger partial charge in [0.15, 0.2) is 23.3 Å². The number of aromatic nitrogens is 12. The first kappa shape index (κ1) is 57.7. The molecule has 4 amide bonds. The highest BCUT2D eigenvalue weighted by Crippen LogP contribution is 2.31. The summed E-state index contributed by atoms with van der Waals surface area (Å²) in [6, 6.07) is 20.1. The van der Waals surface area contributed by atoms with Crippen LogP contribution >= 0.6 is 92.8 Å². The van der Waals surface area contributed by atoms with E-state index in [0.29, 0.717) is 85.7 Å². The van der Waals surface area contributed by atoms with E-state index in [4.69, 9.17) is 103 Å². The number of anilines is 4. The first-order valence-corrected chi connectivity index (χ1v) is 22.8. The Labute approximate surface area is 447 Å². The molecule has 22 nitrogen and oxygen atoms in total. The van der Waals surface area contributed by atoms with Crippen LogP contribution in [0.5, 0.6) is 0 Å². The van der Waals surface area contributed by atoms with Crippen molar-refractivity contribution in [3.05, 3.63) is 113 Å². The third-order valence-corrected chi connectivity index (χ3v) is 10.0. The summed E-state index contributed by atoms with van der Waals surface area (Å²) in [5.41, 5.74) is 2.67. The largest absolute Gasteiger partial charge is 0.481 e. The average molecular weight is 1140 g/mol. The molecule has 0 bridgehead atoms. The lowest BCUT2D eigenvalue weighted by atomic mass is 10.2. The number of H-pyrrole nitrogens is 4. The van der Waals surface area contributed by atoms with Crippen LogP contribution in [-0.4, -0.2) is 95.4 Å². The van der Waals surface area contributed by atoms with Crippen molar-refractivity contribution >= 4 is 146 Å². The maximum atomic E-state index is 10.8. The Morgan fingerprint density at radius 1 is 0.375 bits per heavy atom. The number of aliphatic carboxylic acids is 1. The van der Waals surface area contributed by atoms with Gasteiger partial charge in [0.2, 0.25) is 47.4 Å². The van der Waals surface area contributed by atoms with Gasteiger partial charge in [-0.25, -0.2) is 0 Å². The molecule has 0 aliphatic carbocycles. The Balaban J connectivity index is 0.000000203. The highest BCUT2D eigenvalue weighted by atomic mass is 35.5. The van der Waals surface area contributed by atoms with Gasteiger partial charge in [0.05, 0.1) is 20.1 Å². The van der Waals surface area contributed by atoms with Crippen molar-refractivity contribution in [1.29, 1.82) is 0 Å². The van der Waals surface area contributed by atoms with E-state index in [9.17, 15) is 19.2 Å². The molecule has 376 valence electrons. The molecular formula is C42H36Cl8N16O6. The zero-order chi connectivity index (χ0) is 53.2. The van der Waals surface area contributed by atoms with Gasteiger partial charge in [-0.05, 0) is 72.8 Å². The number of nitrogens with zero attached hydrogens (tertiary/aromatic N) is 8. The number of nitrogens with one attached hydrogen (secondary N) is 8. The highest BCUT2D eigenvalue weighted by Gasteiger charge is 2.14. The number of hydrogen-bond donors (Lipinski definition) is 9. The molecule has 4 heterocycles. The summed E-state index contributed by atoms with van der Waals surface area (Å²) in [6.07, 6.45) is 0. The van der Waals surface area contributed by atoms with Crippen LogP contribution in [0.4, 0.5) is 23.8 Å². The van der Waals surface area contributed by atoms with Crippen molar-refractivity contribution in [3.8, 4) is 45.6 Å². The standard InChI is InChI=1S/4C10H8Cl2N4O.C2H4O2/c4*1-5(17)13-10-14-9(15-16-10)7-3-2-6(11)4-8(7)12;1-2(3)4/h4*2-4H,1H3,(H2,13,14,15,16,17);1H3,(H,3,4). The van der Waals surface area contributed by atoms with Crippen molar-refractivity contribution in [3.63, 3.8) is 0 Å². The number of benzene rings is 4. The lowest BCUT2D eigenvalue weighted by Crippen LogP contribution is -2.06. The predicted molar refractivity (Wildman–Crippen MR) is 278 cm³/mol. The molecule has 4 aromatic heterocycles. The summed E-state index contributed by atoms with van der Waals surface area (Å²) in [6.45, 7) is 6.60. The number of halogens is 8. The number of amides is 4. The SMILES string of the molecule is CC(=O)Nc1n[nH]c(-c2ccc(Cl)cc2Cl)n1.CC(=O)Nc1n[nH]c(-c2ccc(Cl)cc2Cl)n1.CC(=O)Nc1n[nH]c(-c2ccc(Cl)cc2Cl)n1.CC(=O)Nc1n[nH]c(-c2ccc(Cl)cc2Cl)n1.CC(=O)O. The summed E-state index contributed by atoms with van der Waals surface area (Å²) in [5.74, 6) is 0.914. The molecule has 30 heteroatoms. The first-order chi connectivity index (χ1) is 34.0. The fraction of sp³-hybridized carbons (Fsp3) is 0.119. The van der Waals surface area contributed by atoms with Gasteiger partial charge in [-0.3, -0.25) is 65.6 Å². The molecule has 8 aromatic rings. The number of carbonyl (C=O) groups excluding carboxylic acids is 4. The fourth-order valence-corrected chi connectivity index (χ4v) is 7.10. The minimum atomic E-state index is -0.833. The van der Waals surface area contributed by atoms with Crippen LogP contribution in [0.3, 0.4) is 0 Å². The quantitative estimate of drug-likeness (QED) is 0.0683. The predicted octanol–water partition coefficient (Wildman–Crippen LogP) is 11.0. The van der Waals surface area contributed by atoms with Gasteiger partial charge in [-0.15, -0.1) is 20.4 Å². The summed E-state index contributed by atoms with van der Waals surface area (Å²) in [4.78, 5) is 68.6. The number of aromatic amines is 4. The molecule has 0 atom stereocenters. The third-order valence-electron chi connectivity index (χ3n) is 7.84. The van der Waals surface area contributed by atoms with Gasteiger partial charge in [-0.1, -0.05) is 92.8 Å². The highest BCUT2D eigenvalue weighted by molar-refractivity contribution is 6.38. The van der Waals surface area contributed by atoms with Gasteiger partial charge in [-0.2, -0.15) is 19.9 Å². The van der Waals surface area contributed by atoms with Crippen LogP contribution in [-0.2, 0) is 24.0 Å². The molecule has 0 fully saturated rings. The van der Waals surface area contributed by atoms with E-state index in [0.717, 1.165) is 6.92 Å². The zero-order valence-corrected chi connectivity index (χ0v) is 43.6. The van der Waals surface area contributed by atoms with E-state index in [-0.39, 0.29) is 47.4 Å². The number of carbonyl (C=O) groups is 5. The second-order valence-corrected chi connectivity index (χ2v) is 17.1. The van der Waals surface area contributed by atoms with E-state index >= 15 is 0 Å². The van der Waals surface area contributed by atoms with E-state index in [1.165, 1.54) is 27.7 Å². The first-order valence-electron chi connectivity index (χ1n) is 19.8. The molecule has 0 unspecified atom stereocenters. The second-order valence-electron chi connectivity index (χ2n) is 13.8. The molecule has 4 aromatic carbocycles. The Bertz CT molecular complexity index is 2790. The summed E-state index contributed by atoms with van der Waals surface area (Å²) < 4.78 is 0. The maximum Gasteiger partial charge on any atom is 0.300 e. The zero-order valence-electron chi connectivity index (χ0n) is 37.5. The smallest absolute Gasteiger partial charge is 0.300 e. The second kappa shape index (κ2) is 27.6. The molecule has 0 saturated carbocycles. The summed E-state index contributed by atoms with van der Waals surface area (Å²) >= 11 is 47.2. The van der Waals surface area contributed by atoms with Gasteiger partial charge >= 0.3 is 0 Å². The minimum absolute atomic E-state index is 0.207. The van der Waals surface area contributed by atoms with Gasteiger partial charge in [0.1, 0.15) is 0 Å². The third kappa shape index (κ3) is 19.0. The van der Waals surface area contributed by atoms with Gasteiger partial charge in [0, 0.05) is 77.0 Å². The van der Waals surface area contributed by atoms with Crippen LogP contribution in [0.15, 0.2) is 72.8 Å². The monoisotopic (exact) mass is 1140 g/mol. The molecule has 0 spiro atoms. The van der Waals surface area contributed by atoms with Gasteiger partial charge in [0.25, 0.3) is 5.97 Å². The molecular weight excluding hydrogens is 1110 g/mol. The molecule has 9 N–H and O–H groups in total. The number of carboxylic acids is 1. The van der Waals surface area contributed by atoms with E-state index in [1.54, 1.807) is 72.8 Å². The number of rotatable bonds is 8. The molecule has 72 heavy (non-hydrogen) atoms. The van der Waals surface area contributed by atoms with E-state index in [2.05, 4.69) is 82.0 Å². The maximum absolute atomic E-state index is 10.8. The Morgan fingerprint density at radius 2 is 0.556 bits per heavy atom. The molecule has 8 rings (SSSR count). The Hall–Kier alpha value is -6.89. The topological polar surface area (TPSA) is 320 Å². The van der Waals surface area contributed by atoms with Crippen LogP contribution in [0.2, 0.25) is 40.2 Å². The summed E-state index contributed by atoms with van der Waals surface area (Å²) in [5, 5.41) is 47.4.